The number of rotatable bonds is 2. The van der Waals surface area contributed by atoms with Crippen LogP contribution in [-0.2, 0) is 9.59 Å². The first-order chi connectivity index (χ1) is 9.73. The summed E-state index contributed by atoms with van der Waals surface area (Å²) in [6, 6.07) is 0.386. The quantitative estimate of drug-likeness (QED) is 0.909. The normalized spacial score (nSPS) is 22.7. The molecular weight excluding hydrogens is 278 g/mol. The average Bonchev–Trinajstić information content (AvgIpc) is 2.37. The second kappa shape index (κ2) is 5.42. The van der Waals surface area contributed by atoms with Crippen molar-refractivity contribution in [2.24, 2.45) is 5.92 Å². The first kappa shape index (κ1) is 15.4. The van der Waals surface area contributed by atoms with Gasteiger partial charge in [-0.25, -0.2) is 8.78 Å². The number of hydrogen-bond donors (Lipinski definition) is 1. The van der Waals surface area contributed by atoms with Crippen LogP contribution in [0.2, 0.25) is 0 Å². The van der Waals surface area contributed by atoms with Crippen molar-refractivity contribution in [1.82, 2.24) is 5.32 Å². The molecule has 0 aromatic heterocycles. The Labute approximate surface area is 122 Å². The average molecular weight is 296 g/mol. The van der Waals surface area contributed by atoms with E-state index in [0.717, 1.165) is 17.0 Å². The Bertz CT molecular complexity index is 602. The summed E-state index contributed by atoms with van der Waals surface area (Å²) in [5, 5.41) is 2.56. The zero-order chi connectivity index (χ0) is 15.9. The molecule has 2 atom stereocenters. The number of hydrogen-bond acceptors (Lipinski definition) is 2. The van der Waals surface area contributed by atoms with Crippen LogP contribution in [0.15, 0.2) is 12.1 Å². The van der Waals surface area contributed by atoms with Gasteiger partial charge in [0.1, 0.15) is 23.7 Å². The predicted octanol–water partition coefficient (Wildman–Crippen LogP) is 2.15. The van der Waals surface area contributed by atoms with Crippen LogP contribution < -0.4 is 10.2 Å². The lowest BCUT2D eigenvalue weighted by molar-refractivity contribution is -0.134. The molecule has 2 amide bonds. The number of nitrogens with zero attached hydrogens (tertiary/aromatic N) is 1. The highest BCUT2D eigenvalue weighted by atomic mass is 19.1. The van der Waals surface area contributed by atoms with Gasteiger partial charge in [-0.3, -0.25) is 14.5 Å². The molecule has 1 aromatic rings. The summed E-state index contributed by atoms with van der Waals surface area (Å²) in [6.45, 7) is 6.47. The third-order valence-electron chi connectivity index (χ3n) is 3.63. The molecule has 0 bridgehead atoms. The van der Waals surface area contributed by atoms with Crippen molar-refractivity contribution < 1.29 is 18.4 Å². The van der Waals surface area contributed by atoms with Gasteiger partial charge in [-0.1, -0.05) is 13.8 Å². The number of anilines is 1. The maximum Gasteiger partial charge on any atom is 0.250 e. The summed E-state index contributed by atoms with van der Waals surface area (Å²) in [4.78, 5) is 25.5. The van der Waals surface area contributed by atoms with Gasteiger partial charge >= 0.3 is 0 Å². The molecule has 114 valence electrons. The molecule has 1 saturated heterocycles. The Morgan fingerprint density at radius 1 is 1.19 bits per heavy atom. The summed E-state index contributed by atoms with van der Waals surface area (Å²) in [5.41, 5.74) is -0.0391. The van der Waals surface area contributed by atoms with Crippen LogP contribution in [0.1, 0.15) is 26.3 Å². The van der Waals surface area contributed by atoms with Crippen molar-refractivity contribution in [3.8, 4) is 0 Å². The molecule has 6 heteroatoms. The lowest BCUT2D eigenvalue weighted by Gasteiger charge is -2.40. The van der Waals surface area contributed by atoms with E-state index < -0.39 is 29.6 Å². The van der Waals surface area contributed by atoms with E-state index in [2.05, 4.69) is 5.32 Å². The van der Waals surface area contributed by atoms with Gasteiger partial charge < -0.3 is 5.32 Å². The van der Waals surface area contributed by atoms with E-state index in [4.69, 9.17) is 0 Å². The maximum absolute atomic E-state index is 14.2. The van der Waals surface area contributed by atoms with E-state index in [1.807, 2.05) is 0 Å². The van der Waals surface area contributed by atoms with Crippen molar-refractivity contribution >= 4 is 17.5 Å². The smallest absolute Gasteiger partial charge is 0.250 e. The first-order valence-corrected chi connectivity index (χ1v) is 6.83. The van der Waals surface area contributed by atoms with Crippen molar-refractivity contribution in [1.29, 1.82) is 0 Å². The standard InChI is InChI=1S/C15H18F2N2O2/c1-7(2)13-14(20)18-9(4)15(21)19(13)12-6-10(16)8(3)5-11(12)17/h5-7,9,13H,1-4H3,(H,18,20). The van der Waals surface area contributed by atoms with E-state index in [9.17, 15) is 18.4 Å². The van der Waals surface area contributed by atoms with Gasteiger partial charge in [0, 0.05) is 6.07 Å². The molecule has 0 spiro atoms. The minimum atomic E-state index is -0.856. The van der Waals surface area contributed by atoms with Crippen molar-refractivity contribution in [3.63, 3.8) is 0 Å². The number of amides is 2. The number of carbonyl (C=O) groups is 2. The fourth-order valence-corrected chi connectivity index (χ4v) is 2.51. The fourth-order valence-electron chi connectivity index (χ4n) is 2.51. The second-order valence-electron chi connectivity index (χ2n) is 5.68. The Balaban J connectivity index is 2.58. The van der Waals surface area contributed by atoms with Gasteiger partial charge in [-0.15, -0.1) is 0 Å². The zero-order valence-electron chi connectivity index (χ0n) is 12.4. The summed E-state index contributed by atoms with van der Waals surface area (Å²) in [5.74, 6) is -2.37. The van der Waals surface area contributed by atoms with Crippen LogP contribution >= 0.6 is 0 Å². The third-order valence-corrected chi connectivity index (χ3v) is 3.63. The SMILES string of the molecule is Cc1cc(F)c(N2C(=O)C(C)NC(=O)C2C(C)C)cc1F. The number of benzene rings is 1. The fraction of sp³-hybridized carbons (Fsp3) is 0.467. The second-order valence-corrected chi connectivity index (χ2v) is 5.68. The van der Waals surface area contributed by atoms with Crippen molar-refractivity contribution in [2.45, 2.75) is 39.8 Å². The molecule has 0 radical (unpaired) electrons. The molecule has 1 aliphatic rings. The van der Waals surface area contributed by atoms with E-state index in [1.54, 1.807) is 13.8 Å². The van der Waals surface area contributed by atoms with Gasteiger partial charge in [-0.2, -0.15) is 0 Å². The minimum absolute atomic E-state index is 0.152. The Kier molecular flexibility index (Phi) is 3.98. The van der Waals surface area contributed by atoms with Gasteiger partial charge in [0.25, 0.3) is 0 Å². The van der Waals surface area contributed by atoms with E-state index in [-0.39, 0.29) is 23.1 Å². The zero-order valence-corrected chi connectivity index (χ0v) is 12.4. The van der Waals surface area contributed by atoms with Crippen LogP contribution in [0, 0.1) is 24.5 Å². The highest BCUT2D eigenvalue weighted by molar-refractivity contribution is 6.08. The van der Waals surface area contributed by atoms with Crippen LogP contribution in [0.3, 0.4) is 0 Å². The summed E-state index contributed by atoms with van der Waals surface area (Å²) in [7, 11) is 0. The first-order valence-electron chi connectivity index (χ1n) is 6.83. The predicted molar refractivity (Wildman–Crippen MR) is 74.8 cm³/mol. The highest BCUT2D eigenvalue weighted by Crippen LogP contribution is 2.29. The lowest BCUT2D eigenvalue weighted by atomic mass is 9.96. The molecule has 1 aliphatic heterocycles. The molecule has 21 heavy (non-hydrogen) atoms. The topological polar surface area (TPSA) is 49.4 Å². The molecule has 1 N–H and O–H groups in total. The summed E-state index contributed by atoms with van der Waals surface area (Å²) < 4.78 is 27.9. The van der Waals surface area contributed by atoms with E-state index in [1.165, 1.54) is 13.8 Å². The molecule has 1 heterocycles. The maximum atomic E-state index is 14.2. The molecule has 1 aromatic carbocycles. The molecule has 2 rings (SSSR count). The van der Waals surface area contributed by atoms with Crippen LogP contribution in [0.25, 0.3) is 0 Å². The van der Waals surface area contributed by atoms with Gasteiger partial charge in [0.05, 0.1) is 5.69 Å². The van der Waals surface area contributed by atoms with Crippen LogP contribution in [0.4, 0.5) is 14.5 Å². The van der Waals surface area contributed by atoms with Crippen LogP contribution in [0.5, 0.6) is 0 Å². The summed E-state index contributed by atoms with van der Waals surface area (Å²) in [6.07, 6.45) is 0. The van der Waals surface area contributed by atoms with E-state index in [0.29, 0.717) is 0 Å². The number of piperazine rings is 1. The Morgan fingerprint density at radius 2 is 1.81 bits per heavy atom. The van der Waals surface area contributed by atoms with E-state index >= 15 is 0 Å². The molecule has 2 unspecified atom stereocenters. The Hall–Kier alpha value is -1.98. The largest absolute Gasteiger partial charge is 0.343 e. The molecule has 4 nitrogen and oxygen atoms in total. The Morgan fingerprint density at radius 3 is 2.38 bits per heavy atom. The van der Waals surface area contributed by atoms with Crippen LogP contribution in [-0.4, -0.2) is 23.9 Å². The summed E-state index contributed by atoms with van der Waals surface area (Å²) >= 11 is 0. The monoisotopic (exact) mass is 296 g/mol. The molecular formula is C15H18F2N2O2. The third kappa shape index (κ3) is 2.62. The molecule has 1 fully saturated rings. The number of aryl methyl sites for hydroxylation is 1. The van der Waals surface area contributed by atoms with Crippen molar-refractivity contribution in [2.75, 3.05) is 4.90 Å². The number of nitrogens with one attached hydrogen (secondary N) is 1. The molecule has 0 aliphatic carbocycles. The highest BCUT2D eigenvalue weighted by Gasteiger charge is 2.42. The molecule has 0 saturated carbocycles. The van der Waals surface area contributed by atoms with Crippen molar-refractivity contribution in [3.05, 3.63) is 29.3 Å². The van der Waals surface area contributed by atoms with Gasteiger partial charge in [0.2, 0.25) is 11.8 Å². The number of carbonyl (C=O) groups excluding carboxylic acids is 2. The lowest BCUT2D eigenvalue weighted by Crippen LogP contribution is -2.64. The van der Waals surface area contributed by atoms with Gasteiger partial charge in [-0.05, 0) is 31.4 Å². The number of halogens is 2. The van der Waals surface area contributed by atoms with Gasteiger partial charge in [0.15, 0.2) is 0 Å². The minimum Gasteiger partial charge on any atom is -0.343 e.